The molecular weight excluding hydrogens is 330 g/mol. The number of rotatable bonds is 4. The predicted octanol–water partition coefficient (Wildman–Crippen LogP) is 4.45. The fourth-order valence-corrected chi connectivity index (χ4v) is 3.30. The van der Waals surface area contributed by atoms with Crippen molar-refractivity contribution in [3.8, 4) is 11.5 Å². The van der Waals surface area contributed by atoms with E-state index in [1.165, 1.54) is 0 Å². The van der Waals surface area contributed by atoms with Crippen molar-refractivity contribution >= 4 is 17.1 Å². The fourth-order valence-electron chi connectivity index (χ4n) is 3.30. The van der Waals surface area contributed by atoms with Crippen LogP contribution < -0.4 is 0 Å². The molecule has 0 aliphatic carbocycles. The Balaban J connectivity index is 1.56. The average molecular weight is 351 g/mol. The van der Waals surface area contributed by atoms with E-state index >= 15 is 0 Å². The molecule has 0 spiro atoms. The number of aromatic nitrogens is 1. The Morgan fingerprint density at radius 3 is 2.73 bits per heavy atom. The van der Waals surface area contributed by atoms with Gasteiger partial charge in [-0.2, -0.15) is 0 Å². The molecule has 26 heavy (non-hydrogen) atoms. The summed E-state index contributed by atoms with van der Waals surface area (Å²) in [7, 11) is 0. The van der Waals surface area contributed by atoms with Gasteiger partial charge >= 0.3 is 5.97 Å². The molecule has 2 heterocycles. The number of hydrogen-bond acceptors (Lipinski definition) is 5. The standard InChI is InChI=1S/C21H21NO4/c1-13-8-14(2)10-16(9-13)20-22-18-6-5-15(11-19(18)26-20)21(23)25-12-17-4-3-7-24-17/h5-6,8-11,17H,3-4,7,12H2,1-2H3. The molecule has 1 fully saturated rings. The monoisotopic (exact) mass is 351 g/mol. The van der Waals surface area contributed by atoms with Gasteiger partial charge in [-0.15, -0.1) is 0 Å². The Morgan fingerprint density at radius 1 is 1.19 bits per heavy atom. The van der Waals surface area contributed by atoms with Crippen molar-refractivity contribution in [1.29, 1.82) is 0 Å². The van der Waals surface area contributed by atoms with E-state index in [1.807, 2.05) is 26.0 Å². The maximum Gasteiger partial charge on any atom is 0.338 e. The number of hydrogen-bond donors (Lipinski definition) is 0. The summed E-state index contributed by atoms with van der Waals surface area (Å²) in [6.45, 7) is 5.12. The van der Waals surface area contributed by atoms with Gasteiger partial charge in [0.1, 0.15) is 12.1 Å². The normalized spacial score (nSPS) is 16.9. The van der Waals surface area contributed by atoms with Crippen LogP contribution >= 0.6 is 0 Å². The number of benzene rings is 2. The quantitative estimate of drug-likeness (QED) is 0.650. The van der Waals surface area contributed by atoms with Crippen LogP contribution in [0.4, 0.5) is 0 Å². The molecule has 0 radical (unpaired) electrons. The maximum absolute atomic E-state index is 12.3. The number of aryl methyl sites for hydroxylation is 2. The lowest BCUT2D eigenvalue weighted by Crippen LogP contribution is -2.17. The minimum absolute atomic E-state index is 0.0177. The first-order valence-electron chi connectivity index (χ1n) is 8.86. The maximum atomic E-state index is 12.3. The van der Waals surface area contributed by atoms with Crippen molar-refractivity contribution in [2.45, 2.75) is 32.8 Å². The molecule has 1 unspecified atom stereocenters. The van der Waals surface area contributed by atoms with Crippen LogP contribution in [0.15, 0.2) is 40.8 Å². The van der Waals surface area contributed by atoms with Crippen LogP contribution in [0.1, 0.15) is 34.3 Å². The first kappa shape index (κ1) is 16.8. The molecule has 1 aliphatic rings. The second-order valence-electron chi connectivity index (χ2n) is 6.81. The van der Waals surface area contributed by atoms with Crippen molar-refractivity contribution < 1.29 is 18.7 Å². The molecule has 3 aromatic rings. The van der Waals surface area contributed by atoms with Crippen molar-refractivity contribution in [2.75, 3.05) is 13.2 Å². The van der Waals surface area contributed by atoms with E-state index < -0.39 is 0 Å². The zero-order valence-electron chi connectivity index (χ0n) is 15.0. The molecule has 0 N–H and O–H groups in total. The fraction of sp³-hybridized carbons (Fsp3) is 0.333. The Hall–Kier alpha value is -2.66. The molecule has 4 rings (SSSR count). The van der Waals surface area contributed by atoms with Gasteiger partial charge in [0, 0.05) is 12.2 Å². The van der Waals surface area contributed by atoms with E-state index in [0.717, 1.165) is 41.7 Å². The van der Waals surface area contributed by atoms with Gasteiger partial charge in [-0.05, 0) is 57.0 Å². The molecular formula is C21H21NO4. The highest BCUT2D eigenvalue weighted by molar-refractivity contribution is 5.93. The summed E-state index contributed by atoms with van der Waals surface area (Å²) in [5.74, 6) is 0.184. The molecule has 5 heteroatoms. The molecule has 1 atom stereocenters. The number of oxazole rings is 1. The average Bonchev–Trinajstić information content (AvgIpc) is 3.27. The van der Waals surface area contributed by atoms with Crippen LogP contribution in [0.25, 0.3) is 22.6 Å². The van der Waals surface area contributed by atoms with Crippen LogP contribution in [0.2, 0.25) is 0 Å². The van der Waals surface area contributed by atoms with Gasteiger partial charge < -0.3 is 13.9 Å². The van der Waals surface area contributed by atoms with E-state index in [2.05, 4.69) is 11.1 Å². The lowest BCUT2D eigenvalue weighted by atomic mass is 10.1. The Bertz CT molecular complexity index is 934. The van der Waals surface area contributed by atoms with Crippen molar-refractivity contribution in [2.24, 2.45) is 0 Å². The zero-order chi connectivity index (χ0) is 18.1. The minimum Gasteiger partial charge on any atom is -0.459 e. The second-order valence-corrected chi connectivity index (χ2v) is 6.81. The van der Waals surface area contributed by atoms with E-state index in [1.54, 1.807) is 18.2 Å². The predicted molar refractivity (Wildman–Crippen MR) is 98.2 cm³/mol. The van der Waals surface area contributed by atoms with Crippen LogP contribution in [-0.2, 0) is 9.47 Å². The third kappa shape index (κ3) is 3.48. The molecule has 0 saturated carbocycles. The van der Waals surface area contributed by atoms with E-state index in [4.69, 9.17) is 13.9 Å². The molecule has 1 aliphatic heterocycles. The van der Waals surface area contributed by atoms with Gasteiger partial charge in [-0.1, -0.05) is 17.2 Å². The molecule has 1 saturated heterocycles. The van der Waals surface area contributed by atoms with Crippen LogP contribution in [0.3, 0.4) is 0 Å². The van der Waals surface area contributed by atoms with Crippen molar-refractivity contribution in [3.05, 3.63) is 53.1 Å². The van der Waals surface area contributed by atoms with Crippen molar-refractivity contribution in [1.82, 2.24) is 4.98 Å². The van der Waals surface area contributed by atoms with Crippen LogP contribution in [0, 0.1) is 13.8 Å². The number of fused-ring (bicyclic) bond motifs is 1. The third-order valence-electron chi connectivity index (χ3n) is 4.52. The summed E-state index contributed by atoms with van der Waals surface area (Å²) in [5.41, 5.74) is 4.99. The summed E-state index contributed by atoms with van der Waals surface area (Å²) in [4.78, 5) is 16.8. The Kier molecular flexibility index (Phi) is 4.47. The second kappa shape index (κ2) is 6.92. The lowest BCUT2D eigenvalue weighted by Gasteiger charge is -2.09. The minimum atomic E-state index is -0.369. The highest BCUT2D eigenvalue weighted by Gasteiger charge is 2.19. The number of ether oxygens (including phenoxy) is 2. The first-order valence-corrected chi connectivity index (χ1v) is 8.86. The highest BCUT2D eigenvalue weighted by Crippen LogP contribution is 2.27. The number of nitrogens with zero attached hydrogens (tertiary/aromatic N) is 1. The molecule has 1 aromatic heterocycles. The highest BCUT2D eigenvalue weighted by atomic mass is 16.6. The van der Waals surface area contributed by atoms with Crippen LogP contribution in [-0.4, -0.2) is 30.3 Å². The van der Waals surface area contributed by atoms with Gasteiger partial charge in [-0.3, -0.25) is 0 Å². The first-order chi connectivity index (χ1) is 12.6. The van der Waals surface area contributed by atoms with Gasteiger partial charge in [-0.25, -0.2) is 9.78 Å². The molecule has 5 nitrogen and oxygen atoms in total. The summed E-state index contributed by atoms with van der Waals surface area (Å²) < 4.78 is 16.7. The smallest absolute Gasteiger partial charge is 0.338 e. The van der Waals surface area contributed by atoms with Gasteiger partial charge in [0.05, 0.1) is 11.7 Å². The number of carbonyl (C=O) groups excluding carboxylic acids is 1. The summed E-state index contributed by atoms with van der Waals surface area (Å²) in [6.07, 6.45) is 1.98. The number of carbonyl (C=O) groups is 1. The summed E-state index contributed by atoms with van der Waals surface area (Å²) in [6, 6.07) is 11.4. The lowest BCUT2D eigenvalue weighted by molar-refractivity contribution is 0.0161. The summed E-state index contributed by atoms with van der Waals surface area (Å²) in [5, 5.41) is 0. The molecule has 0 amide bonds. The van der Waals surface area contributed by atoms with Gasteiger partial charge in [0.15, 0.2) is 5.58 Å². The topological polar surface area (TPSA) is 61.6 Å². The molecule has 2 aromatic carbocycles. The van der Waals surface area contributed by atoms with Gasteiger partial charge in [0.2, 0.25) is 5.89 Å². The number of esters is 1. The molecule has 134 valence electrons. The van der Waals surface area contributed by atoms with E-state index in [9.17, 15) is 4.79 Å². The zero-order valence-corrected chi connectivity index (χ0v) is 15.0. The van der Waals surface area contributed by atoms with E-state index in [0.29, 0.717) is 23.6 Å². The third-order valence-corrected chi connectivity index (χ3v) is 4.52. The van der Waals surface area contributed by atoms with E-state index in [-0.39, 0.29) is 12.1 Å². The Morgan fingerprint density at radius 2 is 2.00 bits per heavy atom. The Labute approximate surface area is 151 Å². The largest absolute Gasteiger partial charge is 0.459 e. The van der Waals surface area contributed by atoms with Crippen LogP contribution in [0.5, 0.6) is 0 Å². The van der Waals surface area contributed by atoms with Gasteiger partial charge in [0.25, 0.3) is 0 Å². The SMILES string of the molecule is Cc1cc(C)cc(-c2nc3ccc(C(=O)OCC4CCCO4)cc3o2)c1. The molecule has 0 bridgehead atoms. The summed E-state index contributed by atoms with van der Waals surface area (Å²) >= 11 is 0. The van der Waals surface area contributed by atoms with Crippen molar-refractivity contribution in [3.63, 3.8) is 0 Å².